The number of anilines is 2. The second-order valence-electron chi connectivity index (χ2n) is 6.64. The van der Waals surface area contributed by atoms with E-state index < -0.39 is 11.9 Å². The topological polar surface area (TPSA) is 97.4 Å². The summed E-state index contributed by atoms with van der Waals surface area (Å²) >= 11 is 5.88. The number of ether oxygens (including phenoxy) is 2. The first-order valence-corrected chi connectivity index (χ1v) is 9.82. The summed E-state index contributed by atoms with van der Waals surface area (Å²) in [5.41, 5.74) is 1.49. The number of nitrogens with one attached hydrogen (secondary N) is 3. The van der Waals surface area contributed by atoms with Gasteiger partial charge in [0.25, 0.3) is 0 Å². The number of carbonyl (C=O) groups excluding carboxylic acids is 1. The van der Waals surface area contributed by atoms with E-state index in [4.69, 9.17) is 21.1 Å². The first kappa shape index (κ1) is 22.7. The zero-order valence-corrected chi connectivity index (χ0v) is 18.1. The van der Waals surface area contributed by atoms with Crippen LogP contribution in [-0.4, -0.2) is 49.8 Å². The molecule has 164 valence electrons. The van der Waals surface area contributed by atoms with E-state index in [2.05, 4.69) is 25.9 Å². The van der Waals surface area contributed by atoms with Crippen LogP contribution >= 0.6 is 11.6 Å². The van der Waals surface area contributed by atoms with Crippen LogP contribution in [0.15, 0.2) is 36.7 Å². The molecule has 2 aromatic carbocycles. The minimum absolute atomic E-state index is 0.00331. The molecule has 10 heteroatoms. The number of methoxy groups -OCH3 is 2. The number of carbonyl (C=O) groups is 1. The van der Waals surface area contributed by atoms with Gasteiger partial charge in [0.2, 0.25) is 5.91 Å². The Balaban J connectivity index is 1.92. The number of hydrogen-bond acceptors (Lipinski definition) is 7. The highest BCUT2D eigenvalue weighted by Gasteiger charge is 2.17. The maximum atomic E-state index is 14.3. The summed E-state index contributed by atoms with van der Waals surface area (Å²) in [4.78, 5) is 20.9. The van der Waals surface area contributed by atoms with Crippen LogP contribution in [0.1, 0.15) is 5.56 Å². The van der Waals surface area contributed by atoms with Gasteiger partial charge in [-0.05, 0) is 25.2 Å². The molecule has 31 heavy (non-hydrogen) atoms. The number of fused-ring (bicyclic) bond motifs is 1. The van der Waals surface area contributed by atoms with E-state index in [9.17, 15) is 9.18 Å². The maximum absolute atomic E-state index is 14.3. The van der Waals surface area contributed by atoms with Crippen LogP contribution in [0.4, 0.5) is 15.9 Å². The summed E-state index contributed by atoms with van der Waals surface area (Å²) in [6, 6.07) is 7.72. The van der Waals surface area contributed by atoms with Crippen LogP contribution in [-0.2, 0) is 16.1 Å². The van der Waals surface area contributed by atoms with Gasteiger partial charge in [0, 0.05) is 30.7 Å². The number of hydrogen-bond donors (Lipinski definition) is 3. The van der Waals surface area contributed by atoms with Gasteiger partial charge < -0.3 is 25.4 Å². The smallest absolute Gasteiger partial charge is 0.239 e. The molecule has 0 aliphatic heterocycles. The Morgan fingerprint density at radius 2 is 2.06 bits per heavy atom. The summed E-state index contributed by atoms with van der Waals surface area (Å²) in [6.45, 7) is 0.448. The molecule has 3 N–H and O–H groups in total. The molecule has 0 radical (unpaired) electrons. The Hall–Kier alpha value is -3.01. The molecule has 1 heterocycles. The van der Waals surface area contributed by atoms with Crippen molar-refractivity contribution in [2.75, 3.05) is 33.2 Å². The van der Waals surface area contributed by atoms with Gasteiger partial charge in [-0.3, -0.25) is 4.79 Å². The van der Waals surface area contributed by atoms with E-state index in [-0.39, 0.29) is 29.8 Å². The minimum atomic E-state index is -0.576. The number of rotatable bonds is 9. The Morgan fingerprint density at radius 1 is 1.26 bits per heavy atom. The van der Waals surface area contributed by atoms with Crippen LogP contribution in [0.2, 0.25) is 5.02 Å². The molecule has 0 unspecified atom stereocenters. The average molecular weight is 448 g/mol. The highest BCUT2D eigenvalue weighted by atomic mass is 35.5. The molecule has 1 aromatic heterocycles. The molecule has 8 nitrogen and oxygen atoms in total. The standard InChI is InChI=1S/C21H23ClFN5O3/c1-24-17(10-30-2)21(29)25-9-12-7-13-16(8-18(12)31-3)26-11-27-20(13)28-15-6-4-5-14(22)19(15)23/h4-8,11,17,24H,9-10H2,1-3H3,(H,25,29)(H,26,27,28)/t17-/m0/s1. The molecule has 3 rings (SSSR count). The van der Waals surface area contributed by atoms with Gasteiger partial charge in [0.1, 0.15) is 23.9 Å². The Kier molecular flexibility index (Phi) is 7.56. The van der Waals surface area contributed by atoms with E-state index in [1.54, 1.807) is 31.3 Å². The fraction of sp³-hybridized carbons (Fsp3) is 0.286. The van der Waals surface area contributed by atoms with E-state index in [0.717, 1.165) is 0 Å². The third-order valence-corrected chi connectivity index (χ3v) is 4.99. The normalized spacial score (nSPS) is 11.9. The van der Waals surface area contributed by atoms with Crippen molar-refractivity contribution in [1.82, 2.24) is 20.6 Å². The zero-order chi connectivity index (χ0) is 22.4. The highest BCUT2D eigenvalue weighted by Crippen LogP contribution is 2.31. The van der Waals surface area contributed by atoms with Crippen molar-refractivity contribution in [3.05, 3.63) is 53.1 Å². The summed E-state index contributed by atoms with van der Waals surface area (Å²) in [7, 11) is 4.75. The van der Waals surface area contributed by atoms with Crippen LogP contribution < -0.4 is 20.7 Å². The Morgan fingerprint density at radius 3 is 2.77 bits per heavy atom. The quantitative estimate of drug-likeness (QED) is 0.464. The molecule has 0 aliphatic rings. The number of benzene rings is 2. The van der Waals surface area contributed by atoms with Crippen LogP contribution in [0.25, 0.3) is 10.9 Å². The van der Waals surface area contributed by atoms with Crippen LogP contribution in [0.5, 0.6) is 5.75 Å². The van der Waals surface area contributed by atoms with Crippen molar-refractivity contribution < 1.29 is 18.7 Å². The molecular weight excluding hydrogens is 425 g/mol. The maximum Gasteiger partial charge on any atom is 0.239 e. The molecule has 0 saturated carbocycles. The minimum Gasteiger partial charge on any atom is -0.496 e. The molecule has 1 atom stereocenters. The number of aromatic nitrogens is 2. The predicted molar refractivity (Wildman–Crippen MR) is 117 cm³/mol. The van der Waals surface area contributed by atoms with Crippen molar-refractivity contribution in [3.8, 4) is 5.75 Å². The average Bonchev–Trinajstić information content (AvgIpc) is 2.78. The SMILES string of the molecule is CN[C@@H](COC)C(=O)NCc1cc2c(Nc3cccc(Cl)c3F)ncnc2cc1OC. The number of nitrogens with zero attached hydrogens (tertiary/aromatic N) is 2. The first-order chi connectivity index (χ1) is 15.0. The van der Waals surface area contributed by atoms with Crippen molar-refractivity contribution in [1.29, 1.82) is 0 Å². The van der Waals surface area contributed by atoms with Crippen molar-refractivity contribution in [3.63, 3.8) is 0 Å². The van der Waals surface area contributed by atoms with Gasteiger partial charge >= 0.3 is 0 Å². The lowest BCUT2D eigenvalue weighted by atomic mass is 10.1. The van der Waals surface area contributed by atoms with Gasteiger partial charge in [-0.2, -0.15) is 0 Å². The van der Waals surface area contributed by atoms with E-state index >= 15 is 0 Å². The van der Waals surface area contributed by atoms with E-state index in [1.807, 2.05) is 0 Å². The molecule has 0 spiro atoms. The molecule has 3 aromatic rings. The second-order valence-corrected chi connectivity index (χ2v) is 7.05. The third kappa shape index (κ3) is 5.19. The van der Waals surface area contributed by atoms with Crippen LogP contribution in [0, 0.1) is 5.82 Å². The molecule has 0 aliphatic carbocycles. The molecule has 1 amide bonds. The van der Waals surface area contributed by atoms with E-state index in [0.29, 0.717) is 28.0 Å². The number of likely N-dealkylation sites (N-methyl/N-ethyl adjacent to an activating group) is 1. The van der Waals surface area contributed by atoms with E-state index in [1.165, 1.54) is 26.6 Å². The highest BCUT2D eigenvalue weighted by molar-refractivity contribution is 6.31. The number of amides is 1. The fourth-order valence-corrected chi connectivity index (χ4v) is 3.22. The van der Waals surface area contributed by atoms with Crippen molar-refractivity contribution in [2.45, 2.75) is 12.6 Å². The third-order valence-electron chi connectivity index (χ3n) is 4.69. The summed E-state index contributed by atoms with van der Waals surface area (Å²) in [6.07, 6.45) is 1.37. The second kappa shape index (κ2) is 10.3. The molecular formula is C21H23ClFN5O3. The van der Waals surface area contributed by atoms with Gasteiger partial charge in [-0.1, -0.05) is 17.7 Å². The lowest BCUT2D eigenvalue weighted by molar-refractivity contribution is -0.124. The first-order valence-electron chi connectivity index (χ1n) is 9.45. The van der Waals surface area contributed by atoms with Gasteiger partial charge in [0.15, 0.2) is 5.82 Å². The summed E-state index contributed by atoms with van der Waals surface area (Å²) in [5.74, 6) is 0.163. The Labute approximate surface area is 184 Å². The van der Waals surface area contributed by atoms with Crippen molar-refractivity contribution in [2.24, 2.45) is 0 Å². The number of halogens is 2. The molecule has 0 fully saturated rings. The van der Waals surface area contributed by atoms with Crippen molar-refractivity contribution >= 4 is 39.9 Å². The van der Waals surface area contributed by atoms with Gasteiger partial charge in [0.05, 0.1) is 29.9 Å². The largest absolute Gasteiger partial charge is 0.496 e. The summed E-state index contributed by atoms with van der Waals surface area (Å²) < 4.78 is 24.9. The van der Waals surface area contributed by atoms with Gasteiger partial charge in [-0.15, -0.1) is 0 Å². The Bertz CT molecular complexity index is 1080. The van der Waals surface area contributed by atoms with Crippen LogP contribution in [0.3, 0.4) is 0 Å². The molecule has 0 bridgehead atoms. The molecule has 0 saturated heterocycles. The lowest BCUT2D eigenvalue weighted by Gasteiger charge is -2.17. The predicted octanol–water partition coefficient (Wildman–Crippen LogP) is 3.03. The zero-order valence-electron chi connectivity index (χ0n) is 17.3. The monoisotopic (exact) mass is 447 g/mol. The van der Waals surface area contributed by atoms with Gasteiger partial charge in [-0.25, -0.2) is 14.4 Å². The fourth-order valence-electron chi connectivity index (χ4n) is 3.05. The summed E-state index contributed by atoms with van der Waals surface area (Å²) in [5, 5.41) is 9.36. The lowest BCUT2D eigenvalue weighted by Crippen LogP contribution is -2.45.